The van der Waals surface area contributed by atoms with Crippen molar-refractivity contribution < 1.29 is 40.9 Å². The number of rotatable bonds is 8. The van der Waals surface area contributed by atoms with E-state index in [4.69, 9.17) is 41.6 Å². The molecule has 0 aliphatic carbocycles. The monoisotopic (exact) mass is 548 g/mol. The number of anilines is 2. The van der Waals surface area contributed by atoms with Gasteiger partial charge in [0.15, 0.2) is 0 Å². The van der Waals surface area contributed by atoms with Crippen molar-refractivity contribution in [3.05, 3.63) is 59.7 Å². The van der Waals surface area contributed by atoms with E-state index >= 15 is 0 Å². The quantitative estimate of drug-likeness (QED) is 0.115. The molecule has 0 saturated heterocycles. The van der Waals surface area contributed by atoms with Gasteiger partial charge in [0.25, 0.3) is 20.2 Å². The summed E-state index contributed by atoms with van der Waals surface area (Å²) in [5, 5.41) is 35.8. The van der Waals surface area contributed by atoms with Gasteiger partial charge in [0.2, 0.25) is 0 Å². The summed E-state index contributed by atoms with van der Waals surface area (Å²) in [4.78, 5) is 12.0. The third-order valence-electron chi connectivity index (χ3n) is 3.56. The molecule has 2 aromatic rings. The number of nitrogens with one attached hydrogen (secondary N) is 4. The molecule has 0 aliphatic heterocycles. The van der Waals surface area contributed by atoms with Crippen LogP contribution in [-0.2, 0) is 20.2 Å². The summed E-state index contributed by atoms with van der Waals surface area (Å²) in [6.07, 6.45) is 0. The fraction of sp³-hybridized carbons (Fsp3) is 0.211. The van der Waals surface area contributed by atoms with E-state index in [9.17, 15) is 21.6 Å². The fourth-order valence-corrected chi connectivity index (χ4v) is 2.51. The predicted molar refractivity (Wildman–Crippen MR) is 135 cm³/mol. The standard InChI is InChI=1S/C15H16N6O.2C2H6O4S/c16-13(17)9-3-1-5-11(7-9)20-15(22)21-12-6-2-4-10(8-12)14(18)19;2*3-1-2-7(4,5)6/h1-8H,(H3,16,17)(H3,18,19)(H2,20,21,22);2*3H,1-2H2,(H,4,5,6). The number of hydrogen-bond donors (Lipinski definition) is 10. The molecule has 0 spiro atoms. The highest BCUT2D eigenvalue weighted by Crippen LogP contribution is 2.13. The normalized spacial score (nSPS) is 10.6. The van der Waals surface area contributed by atoms with E-state index in [1.165, 1.54) is 0 Å². The molecule has 0 aliphatic rings. The highest BCUT2D eigenvalue weighted by molar-refractivity contribution is 7.86. The Balaban J connectivity index is 0.000000720. The molecule has 2 aromatic carbocycles. The van der Waals surface area contributed by atoms with E-state index in [1.807, 2.05) is 0 Å². The average molecular weight is 549 g/mol. The van der Waals surface area contributed by atoms with Crippen molar-refractivity contribution in [2.75, 3.05) is 35.4 Å². The molecular weight excluding hydrogens is 520 g/mol. The van der Waals surface area contributed by atoms with Crippen molar-refractivity contribution in [2.45, 2.75) is 0 Å². The van der Waals surface area contributed by atoms with E-state index in [0.717, 1.165) is 0 Å². The Morgan fingerprint density at radius 2 is 1.08 bits per heavy atom. The first-order valence-corrected chi connectivity index (χ1v) is 12.9. The summed E-state index contributed by atoms with van der Waals surface area (Å²) in [5.41, 5.74) is 12.9. The summed E-state index contributed by atoms with van der Waals surface area (Å²) in [7, 11) is -7.85. The van der Waals surface area contributed by atoms with Gasteiger partial charge in [0.1, 0.15) is 11.7 Å². The number of hydrogen-bond acceptors (Lipinski definition) is 9. The molecule has 12 N–H and O–H groups in total. The van der Waals surface area contributed by atoms with Crippen LogP contribution in [0.5, 0.6) is 0 Å². The third-order valence-corrected chi connectivity index (χ3v) is 4.96. The van der Waals surface area contributed by atoms with E-state index in [-0.39, 0.29) is 11.7 Å². The summed E-state index contributed by atoms with van der Waals surface area (Å²) >= 11 is 0. The fourth-order valence-electron chi connectivity index (χ4n) is 2.05. The first-order valence-electron chi connectivity index (χ1n) is 9.67. The number of urea groups is 1. The molecule has 0 fully saturated rings. The second kappa shape index (κ2) is 15.4. The molecule has 0 aromatic heterocycles. The van der Waals surface area contributed by atoms with E-state index in [1.54, 1.807) is 48.5 Å². The Kier molecular flexibility index (Phi) is 13.9. The maximum absolute atomic E-state index is 12.0. The Morgan fingerprint density at radius 3 is 1.31 bits per heavy atom. The Bertz CT molecular complexity index is 1160. The number of carbonyl (C=O) groups is 1. The number of nitrogen functional groups attached to an aromatic ring is 2. The highest BCUT2D eigenvalue weighted by atomic mass is 32.2. The van der Waals surface area contributed by atoms with Crippen LogP contribution in [0.3, 0.4) is 0 Å². The van der Waals surface area contributed by atoms with Crippen molar-refractivity contribution in [3.8, 4) is 0 Å². The highest BCUT2D eigenvalue weighted by Gasteiger charge is 2.06. The van der Waals surface area contributed by atoms with Gasteiger partial charge in [-0.25, -0.2) is 4.79 Å². The molecule has 0 radical (unpaired) electrons. The average Bonchev–Trinajstić information content (AvgIpc) is 2.73. The molecule has 36 heavy (non-hydrogen) atoms. The summed E-state index contributed by atoms with van der Waals surface area (Å²) in [6, 6.07) is 12.9. The number of aliphatic hydroxyl groups excluding tert-OH is 2. The molecule has 0 atom stereocenters. The zero-order valence-corrected chi connectivity index (χ0v) is 20.4. The van der Waals surface area contributed by atoms with Gasteiger partial charge in [-0.2, -0.15) is 16.8 Å². The van der Waals surface area contributed by atoms with Crippen molar-refractivity contribution in [1.82, 2.24) is 0 Å². The summed E-state index contributed by atoms with van der Waals surface area (Å²) in [6.45, 7) is -1.06. The molecule has 0 bridgehead atoms. The number of carbonyl (C=O) groups excluding carboxylic acids is 1. The lowest BCUT2D eigenvalue weighted by atomic mass is 10.2. The number of benzene rings is 2. The number of amidine groups is 2. The van der Waals surface area contributed by atoms with Crippen LogP contribution in [0.2, 0.25) is 0 Å². The van der Waals surface area contributed by atoms with Crippen LogP contribution in [0.15, 0.2) is 48.5 Å². The van der Waals surface area contributed by atoms with Crippen LogP contribution in [0, 0.1) is 10.8 Å². The predicted octanol–water partition coefficient (Wildman–Crippen LogP) is -0.368. The molecule has 17 heteroatoms. The van der Waals surface area contributed by atoms with Crippen molar-refractivity contribution in [1.29, 1.82) is 10.8 Å². The molecule has 2 amide bonds. The van der Waals surface area contributed by atoms with Gasteiger partial charge in [-0.3, -0.25) is 19.9 Å². The smallest absolute Gasteiger partial charge is 0.323 e. The van der Waals surface area contributed by atoms with Crippen LogP contribution in [0.25, 0.3) is 0 Å². The molecule has 200 valence electrons. The van der Waals surface area contributed by atoms with Gasteiger partial charge in [-0.15, -0.1) is 0 Å². The number of nitrogens with two attached hydrogens (primary N) is 2. The minimum Gasteiger partial charge on any atom is -0.395 e. The van der Waals surface area contributed by atoms with Gasteiger partial charge in [-0.1, -0.05) is 24.3 Å². The van der Waals surface area contributed by atoms with E-state index in [0.29, 0.717) is 22.5 Å². The van der Waals surface area contributed by atoms with E-state index in [2.05, 4.69) is 10.6 Å². The van der Waals surface area contributed by atoms with Crippen molar-refractivity contribution in [3.63, 3.8) is 0 Å². The van der Waals surface area contributed by atoms with Crippen LogP contribution >= 0.6 is 0 Å². The van der Waals surface area contributed by atoms with Crippen molar-refractivity contribution >= 4 is 49.3 Å². The Labute approximate surface area is 207 Å². The van der Waals surface area contributed by atoms with Gasteiger partial charge in [-0.05, 0) is 24.3 Å². The van der Waals surface area contributed by atoms with Crippen LogP contribution in [0.1, 0.15) is 11.1 Å². The Hall–Kier alpha value is -3.61. The molecule has 0 saturated carbocycles. The van der Waals surface area contributed by atoms with Gasteiger partial charge in [0, 0.05) is 22.5 Å². The molecular formula is C19H28N6O9S2. The topological polar surface area (TPSA) is 290 Å². The lowest BCUT2D eigenvalue weighted by Crippen LogP contribution is -2.20. The summed E-state index contributed by atoms with van der Waals surface area (Å²) in [5.74, 6) is -1.29. The molecule has 0 heterocycles. The second-order valence-corrected chi connectivity index (χ2v) is 9.73. The first-order chi connectivity index (χ1) is 16.6. The maximum atomic E-state index is 12.0. The zero-order chi connectivity index (χ0) is 27.9. The molecule has 2 rings (SSSR count). The van der Waals surface area contributed by atoms with Crippen molar-refractivity contribution in [2.24, 2.45) is 11.5 Å². The van der Waals surface area contributed by atoms with E-state index < -0.39 is 51.0 Å². The Morgan fingerprint density at radius 1 is 0.750 bits per heavy atom. The minimum absolute atomic E-state index is 0.0711. The number of aliphatic hydroxyl groups is 2. The molecule has 0 unspecified atom stereocenters. The largest absolute Gasteiger partial charge is 0.395 e. The van der Waals surface area contributed by atoms with Crippen LogP contribution in [0.4, 0.5) is 16.2 Å². The van der Waals surface area contributed by atoms with Crippen LogP contribution in [-0.4, -0.2) is 78.6 Å². The third kappa shape index (κ3) is 16.1. The number of amides is 2. The van der Waals surface area contributed by atoms with Gasteiger partial charge >= 0.3 is 6.03 Å². The summed E-state index contributed by atoms with van der Waals surface area (Å²) < 4.78 is 54.2. The van der Waals surface area contributed by atoms with Crippen LogP contribution < -0.4 is 22.1 Å². The molecule has 15 nitrogen and oxygen atoms in total. The first kappa shape index (κ1) is 32.4. The maximum Gasteiger partial charge on any atom is 0.323 e. The van der Waals surface area contributed by atoms with Gasteiger partial charge < -0.3 is 32.3 Å². The zero-order valence-electron chi connectivity index (χ0n) is 18.7. The second-order valence-electron chi connectivity index (χ2n) is 6.59. The van der Waals surface area contributed by atoms with Gasteiger partial charge in [0.05, 0.1) is 24.7 Å². The lowest BCUT2D eigenvalue weighted by Gasteiger charge is -2.09. The lowest BCUT2D eigenvalue weighted by molar-refractivity contribution is 0.262. The SMILES string of the molecule is N=C(N)c1cccc(NC(=O)Nc2cccc(C(=N)N)c2)c1.O=S(=O)(O)CCO.O=S(=O)(O)CCO. The minimum atomic E-state index is -3.92.